The number of nitrogens with zero attached hydrogens (tertiary/aromatic N) is 1. The molecule has 0 bridgehead atoms. The molecule has 0 N–H and O–H groups in total. The van der Waals surface area contributed by atoms with E-state index < -0.39 is 5.54 Å². The normalized spacial score (nSPS) is 22.4. The molecule has 1 aliphatic heterocycles. The number of hydrogen-bond acceptors (Lipinski definition) is 3. The summed E-state index contributed by atoms with van der Waals surface area (Å²) in [5, 5.41) is 0. The van der Waals surface area contributed by atoms with Gasteiger partial charge in [-0.2, -0.15) is 0 Å². The zero-order valence-electron chi connectivity index (χ0n) is 12.1. The molecular weight excluding hydrogens is 254 g/mol. The molecule has 1 fully saturated rings. The van der Waals surface area contributed by atoms with Crippen molar-refractivity contribution in [3.63, 3.8) is 0 Å². The first kappa shape index (κ1) is 14.6. The van der Waals surface area contributed by atoms with Crippen molar-refractivity contribution in [1.82, 2.24) is 4.90 Å². The number of rotatable bonds is 3. The summed E-state index contributed by atoms with van der Waals surface area (Å²) in [6, 6.07) is 9.12. The number of likely N-dealkylation sites (tertiary alicyclic amines) is 1. The highest BCUT2D eigenvalue weighted by molar-refractivity contribution is 5.98. The van der Waals surface area contributed by atoms with E-state index in [-0.39, 0.29) is 11.9 Å². The molecule has 0 aliphatic carbocycles. The number of benzene rings is 1. The Labute approximate surface area is 119 Å². The summed E-state index contributed by atoms with van der Waals surface area (Å²) in [6.07, 6.45) is 3.13. The lowest BCUT2D eigenvalue weighted by Gasteiger charge is -2.44. The van der Waals surface area contributed by atoms with Crippen molar-refractivity contribution in [2.24, 2.45) is 0 Å². The number of methoxy groups -OCH3 is 1. The van der Waals surface area contributed by atoms with Crippen molar-refractivity contribution in [3.05, 3.63) is 35.9 Å². The van der Waals surface area contributed by atoms with Crippen LogP contribution in [0.25, 0.3) is 0 Å². The first-order valence-electron chi connectivity index (χ1n) is 7.11. The van der Waals surface area contributed by atoms with E-state index >= 15 is 0 Å². The van der Waals surface area contributed by atoms with E-state index in [4.69, 9.17) is 4.74 Å². The number of amides is 1. The molecule has 0 unspecified atom stereocenters. The standard InChI is InChI=1S/C16H21NO3/c1-3-16(15(19)20-2)11-7-8-12-17(16)14(18)13-9-5-4-6-10-13/h4-6,9-10H,3,7-8,11-12H2,1-2H3/t16-/m1/s1. The van der Waals surface area contributed by atoms with Gasteiger partial charge in [0.05, 0.1) is 7.11 Å². The third-order valence-corrected chi connectivity index (χ3v) is 4.15. The van der Waals surface area contributed by atoms with E-state index in [1.165, 1.54) is 7.11 Å². The van der Waals surface area contributed by atoms with Gasteiger partial charge in [0.25, 0.3) is 5.91 Å². The van der Waals surface area contributed by atoms with Gasteiger partial charge in [-0.25, -0.2) is 4.79 Å². The SMILES string of the molecule is CC[C@]1(C(=O)OC)CCCCN1C(=O)c1ccccc1. The summed E-state index contributed by atoms with van der Waals surface area (Å²) < 4.78 is 4.97. The van der Waals surface area contributed by atoms with Crippen LogP contribution >= 0.6 is 0 Å². The molecule has 1 amide bonds. The van der Waals surface area contributed by atoms with Crippen LogP contribution in [0.15, 0.2) is 30.3 Å². The molecule has 108 valence electrons. The number of hydrogen-bond donors (Lipinski definition) is 0. The summed E-state index contributed by atoms with van der Waals surface area (Å²) in [6.45, 7) is 2.55. The summed E-state index contributed by atoms with van der Waals surface area (Å²) in [4.78, 5) is 26.7. The van der Waals surface area contributed by atoms with Crippen molar-refractivity contribution >= 4 is 11.9 Å². The Kier molecular flexibility index (Phi) is 4.42. The minimum atomic E-state index is -0.806. The van der Waals surface area contributed by atoms with Gasteiger partial charge in [-0.1, -0.05) is 25.1 Å². The van der Waals surface area contributed by atoms with Gasteiger partial charge in [-0.05, 0) is 37.8 Å². The van der Waals surface area contributed by atoms with Gasteiger partial charge in [0.15, 0.2) is 0 Å². The van der Waals surface area contributed by atoms with E-state index in [0.717, 1.165) is 12.8 Å². The molecule has 0 aromatic heterocycles. The lowest BCUT2D eigenvalue weighted by molar-refractivity contribution is -0.156. The maximum absolute atomic E-state index is 12.7. The van der Waals surface area contributed by atoms with Crippen molar-refractivity contribution in [3.8, 4) is 0 Å². The fourth-order valence-electron chi connectivity index (χ4n) is 2.98. The maximum atomic E-state index is 12.7. The predicted molar refractivity (Wildman–Crippen MR) is 76.4 cm³/mol. The topological polar surface area (TPSA) is 46.6 Å². The largest absolute Gasteiger partial charge is 0.467 e. The average Bonchev–Trinajstić information content (AvgIpc) is 2.54. The third kappa shape index (κ3) is 2.42. The lowest BCUT2D eigenvalue weighted by atomic mass is 9.83. The van der Waals surface area contributed by atoms with Crippen LogP contribution in [0, 0.1) is 0 Å². The lowest BCUT2D eigenvalue weighted by Crippen LogP contribution is -2.59. The smallest absolute Gasteiger partial charge is 0.331 e. The molecule has 4 heteroatoms. The minimum absolute atomic E-state index is 0.0856. The number of carbonyl (C=O) groups is 2. The van der Waals surface area contributed by atoms with Crippen molar-refractivity contribution < 1.29 is 14.3 Å². The van der Waals surface area contributed by atoms with E-state index in [0.29, 0.717) is 24.9 Å². The second-order valence-corrected chi connectivity index (χ2v) is 5.16. The highest BCUT2D eigenvalue weighted by atomic mass is 16.5. The zero-order valence-corrected chi connectivity index (χ0v) is 12.1. The Morgan fingerprint density at radius 3 is 2.55 bits per heavy atom. The average molecular weight is 275 g/mol. The summed E-state index contributed by atoms with van der Waals surface area (Å²) in [5.41, 5.74) is -0.184. The second-order valence-electron chi connectivity index (χ2n) is 5.16. The van der Waals surface area contributed by atoms with E-state index in [9.17, 15) is 9.59 Å². The van der Waals surface area contributed by atoms with Gasteiger partial charge in [0.1, 0.15) is 5.54 Å². The van der Waals surface area contributed by atoms with Crippen LogP contribution in [-0.4, -0.2) is 36.0 Å². The van der Waals surface area contributed by atoms with Crippen LogP contribution in [0.4, 0.5) is 0 Å². The monoisotopic (exact) mass is 275 g/mol. The molecule has 1 heterocycles. The van der Waals surface area contributed by atoms with Crippen molar-refractivity contribution in [2.45, 2.75) is 38.1 Å². The van der Waals surface area contributed by atoms with Crippen molar-refractivity contribution in [1.29, 1.82) is 0 Å². The van der Waals surface area contributed by atoms with Gasteiger partial charge in [0.2, 0.25) is 0 Å². The fraction of sp³-hybridized carbons (Fsp3) is 0.500. The minimum Gasteiger partial charge on any atom is -0.467 e. The van der Waals surface area contributed by atoms with Gasteiger partial charge in [-0.15, -0.1) is 0 Å². The molecule has 2 rings (SSSR count). The Morgan fingerprint density at radius 2 is 1.95 bits per heavy atom. The molecule has 0 radical (unpaired) electrons. The first-order chi connectivity index (χ1) is 9.65. The molecule has 0 spiro atoms. The molecule has 1 atom stereocenters. The number of piperidine rings is 1. The van der Waals surface area contributed by atoms with Gasteiger partial charge in [-0.3, -0.25) is 4.79 Å². The molecule has 1 saturated heterocycles. The Balaban J connectivity index is 2.36. The second kappa shape index (κ2) is 6.07. The number of carbonyl (C=O) groups excluding carboxylic acids is 2. The van der Waals surface area contributed by atoms with Gasteiger partial charge in [0, 0.05) is 12.1 Å². The molecule has 1 aliphatic rings. The quantitative estimate of drug-likeness (QED) is 0.797. The molecule has 0 saturated carbocycles. The van der Waals surface area contributed by atoms with Crippen LogP contribution in [0.2, 0.25) is 0 Å². The summed E-state index contributed by atoms with van der Waals surface area (Å²) in [7, 11) is 1.39. The van der Waals surface area contributed by atoms with Crippen LogP contribution < -0.4 is 0 Å². The van der Waals surface area contributed by atoms with Crippen LogP contribution in [0.5, 0.6) is 0 Å². The van der Waals surface area contributed by atoms with Crippen molar-refractivity contribution in [2.75, 3.05) is 13.7 Å². The number of esters is 1. The van der Waals surface area contributed by atoms with Gasteiger partial charge < -0.3 is 9.64 Å². The predicted octanol–water partition coefficient (Wildman–Crippen LogP) is 2.63. The fourth-order valence-corrected chi connectivity index (χ4v) is 2.98. The maximum Gasteiger partial charge on any atom is 0.331 e. The summed E-state index contributed by atoms with van der Waals surface area (Å²) >= 11 is 0. The molecular formula is C16H21NO3. The molecule has 1 aromatic rings. The summed E-state index contributed by atoms with van der Waals surface area (Å²) in [5.74, 6) is -0.387. The highest BCUT2D eigenvalue weighted by Crippen LogP contribution is 2.33. The Morgan fingerprint density at radius 1 is 1.25 bits per heavy atom. The third-order valence-electron chi connectivity index (χ3n) is 4.15. The van der Waals surface area contributed by atoms with Crippen LogP contribution in [-0.2, 0) is 9.53 Å². The van der Waals surface area contributed by atoms with Crippen LogP contribution in [0.1, 0.15) is 43.0 Å². The molecule has 4 nitrogen and oxygen atoms in total. The van der Waals surface area contributed by atoms with E-state index in [1.54, 1.807) is 17.0 Å². The zero-order chi connectivity index (χ0) is 14.6. The highest BCUT2D eigenvalue weighted by Gasteiger charge is 2.47. The van der Waals surface area contributed by atoms with E-state index in [2.05, 4.69) is 0 Å². The first-order valence-corrected chi connectivity index (χ1v) is 7.11. The molecule has 20 heavy (non-hydrogen) atoms. The molecule has 1 aromatic carbocycles. The van der Waals surface area contributed by atoms with Crippen LogP contribution in [0.3, 0.4) is 0 Å². The Bertz CT molecular complexity index is 486. The van der Waals surface area contributed by atoms with Gasteiger partial charge >= 0.3 is 5.97 Å². The Hall–Kier alpha value is -1.84. The number of ether oxygens (including phenoxy) is 1. The van der Waals surface area contributed by atoms with E-state index in [1.807, 2.05) is 25.1 Å².